The van der Waals surface area contributed by atoms with Crippen molar-refractivity contribution in [3.05, 3.63) is 60.2 Å². The minimum Gasteiger partial charge on any atom is -0.330 e. The maximum absolute atomic E-state index is 13.0. The molecule has 0 saturated heterocycles. The second-order valence-electron chi connectivity index (χ2n) is 4.29. The molecular weight excluding hydrogens is 257 g/mol. The number of nitrogens with zero attached hydrogens (tertiary/aromatic N) is 2. The van der Waals surface area contributed by atoms with E-state index in [-0.39, 0.29) is 11.7 Å². The van der Waals surface area contributed by atoms with E-state index in [9.17, 15) is 9.18 Å². The summed E-state index contributed by atoms with van der Waals surface area (Å²) in [5.41, 5.74) is 6.49. The van der Waals surface area contributed by atoms with Crippen LogP contribution in [0.3, 0.4) is 0 Å². The molecule has 5 heteroatoms. The van der Waals surface area contributed by atoms with Crippen LogP contribution in [0.5, 0.6) is 0 Å². The number of amides is 1. The molecule has 4 nitrogen and oxygen atoms in total. The lowest BCUT2D eigenvalue weighted by atomic mass is 10.2. The molecule has 2 rings (SSSR count). The number of carbonyl (C=O) groups excluding carboxylic acids is 1. The Bertz CT molecular complexity index is 557. The minimum atomic E-state index is -0.335. The number of rotatable bonds is 5. The van der Waals surface area contributed by atoms with E-state index in [1.54, 1.807) is 41.4 Å². The first-order chi connectivity index (χ1) is 9.72. The van der Waals surface area contributed by atoms with Gasteiger partial charge in [-0.05, 0) is 49.4 Å². The van der Waals surface area contributed by atoms with Gasteiger partial charge in [0.15, 0.2) is 0 Å². The van der Waals surface area contributed by atoms with Crippen molar-refractivity contribution in [3.63, 3.8) is 0 Å². The highest BCUT2D eigenvalue weighted by molar-refractivity contribution is 6.04. The molecule has 2 N–H and O–H groups in total. The Morgan fingerprint density at radius 2 is 1.95 bits per heavy atom. The van der Waals surface area contributed by atoms with Crippen LogP contribution in [0.15, 0.2) is 48.7 Å². The van der Waals surface area contributed by atoms with Crippen LogP contribution in [0.1, 0.15) is 16.9 Å². The molecule has 20 heavy (non-hydrogen) atoms. The van der Waals surface area contributed by atoms with E-state index in [0.29, 0.717) is 30.9 Å². The molecule has 0 bridgehead atoms. The highest BCUT2D eigenvalue weighted by atomic mass is 19.1. The molecule has 0 aliphatic carbocycles. The SMILES string of the molecule is NCCCN(C(=O)c1ccccn1)c1ccc(F)cc1. The Hall–Kier alpha value is -2.27. The van der Waals surface area contributed by atoms with E-state index in [4.69, 9.17) is 5.73 Å². The number of hydrogen-bond donors (Lipinski definition) is 1. The van der Waals surface area contributed by atoms with Crippen molar-refractivity contribution < 1.29 is 9.18 Å². The van der Waals surface area contributed by atoms with Crippen LogP contribution in [0.2, 0.25) is 0 Å². The molecule has 1 heterocycles. The first-order valence-electron chi connectivity index (χ1n) is 6.41. The zero-order valence-electron chi connectivity index (χ0n) is 11.0. The zero-order valence-corrected chi connectivity index (χ0v) is 11.0. The van der Waals surface area contributed by atoms with Gasteiger partial charge in [-0.3, -0.25) is 9.78 Å². The molecule has 0 saturated carbocycles. The molecule has 0 unspecified atom stereocenters. The molecular formula is C15H16FN3O. The largest absolute Gasteiger partial charge is 0.330 e. The first kappa shape index (κ1) is 14.1. The maximum Gasteiger partial charge on any atom is 0.276 e. The van der Waals surface area contributed by atoms with Crippen LogP contribution >= 0.6 is 0 Å². The summed E-state index contributed by atoms with van der Waals surface area (Å²) in [5, 5.41) is 0. The van der Waals surface area contributed by atoms with Gasteiger partial charge in [0, 0.05) is 18.4 Å². The molecule has 0 radical (unpaired) electrons. The minimum absolute atomic E-state index is 0.217. The smallest absolute Gasteiger partial charge is 0.276 e. The first-order valence-corrected chi connectivity index (χ1v) is 6.41. The van der Waals surface area contributed by atoms with Crippen molar-refractivity contribution in [1.82, 2.24) is 4.98 Å². The van der Waals surface area contributed by atoms with Crippen molar-refractivity contribution in [2.45, 2.75) is 6.42 Å². The van der Waals surface area contributed by atoms with Crippen LogP contribution in [-0.2, 0) is 0 Å². The van der Waals surface area contributed by atoms with Crippen LogP contribution < -0.4 is 10.6 Å². The van der Waals surface area contributed by atoms with Gasteiger partial charge in [0.2, 0.25) is 0 Å². The van der Waals surface area contributed by atoms with E-state index in [1.165, 1.54) is 12.1 Å². The van der Waals surface area contributed by atoms with Gasteiger partial charge in [-0.1, -0.05) is 6.07 Å². The van der Waals surface area contributed by atoms with Crippen molar-refractivity contribution in [2.24, 2.45) is 5.73 Å². The Morgan fingerprint density at radius 3 is 2.55 bits per heavy atom. The number of anilines is 1. The van der Waals surface area contributed by atoms with Crippen LogP contribution in [0.25, 0.3) is 0 Å². The second-order valence-corrected chi connectivity index (χ2v) is 4.29. The van der Waals surface area contributed by atoms with Crippen molar-refractivity contribution in [3.8, 4) is 0 Å². The van der Waals surface area contributed by atoms with Crippen LogP contribution in [0, 0.1) is 5.82 Å². The third kappa shape index (κ3) is 3.39. The summed E-state index contributed by atoms with van der Waals surface area (Å²) in [7, 11) is 0. The van der Waals surface area contributed by atoms with E-state index < -0.39 is 0 Å². The molecule has 1 aromatic carbocycles. The van der Waals surface area contributed by atoms with Crippen LogP contribution in [0.4, 0.5) is 10.1 Å². The van der Waals surface area contributed by atoms with Gasteiger partial charge >= 0.3 is 0 Å². The molecule has 0 aliphatic heterocycles. The number of pyridine rings is 1. The van der Waals surface area contributed by atoms with Crippen molar-refractivity contribution in [2.75, 3.05) is 18.0 Å². The summed E-state index contributed by atoms with van der Waals surface area (Å²) in [6.45, 7) is 0.949. The second kappa shape index (κ2) is 6.77. The van der Waals surface area contributed by atoms with Gasteiger partial charge < -0.3 is 10.6 Å². The standard InChI is InChI=1S/C15H16FN3O/c16-12-5-7-13(8-6-12)19(11-3-9-17)15(20)14-4-1-2-10-18-14/h1-2,4-8,10H,3,9,11,17H2. The molecule has 2 aromatic rings. The number of nitrogens with two attached hydrogens (primary N) is 1. The molecule has 1 amide bonds. The number of aromatic nitrogens is 1. The molecule has 0 fully saturated rings. The Balaban J connectivity index is 2.27. The van der Waals surface area contributed by atoms with Gasteiger partial charge in [-0.15, -0.1) is 0 Å². The lowest BCUT2D eigenvalue weighted by molar-refractivity contribution is 0.0982. The predicted octanol–water partition coefficient (Wildman–Crippen LogP) is 2.22. The molecule has 104 valence electrons. The fraction of sp³-hybridized carbons (Fsp3) is 0.200. The third-order valence-corrected chi connectivity index (χ3v) is 2.85. The normalized spacial score (nSPS) is 10.3. The van der Waals surface area contributed by atoms with Gasteiger partial charge in [0.1, 0.15) is 11.5 Å². The summed E-state index contributed by atoms with van der Waals surface area (Å²) in [4.78, 5) is 18.1. The summed E-state index contributed by atoms with van der Waals surface area (Å²) >= 11 is 0. The number of benzene rings is 1. The Kier molecular flexibility index (Phi) is 4.79. The summed E-state index contributed by atoms with van der Waals surface area (Å²) < 4.78 is 13.0. The van der Waals surface area contributed by atoms with E-state index >= 15 is 0 Å². The fourth-order valence-electron chi connectivity index (χ4n) is 1.85. The molecule has 1 aromatic heterocycles. The number of hydrogen-bond acceptors (Lipinski definition) is 3. The predicted molar refractivity (Wildman–Crippen MR) is 76.0 cm³/mol. The quantitative estimate of drug-likeness (QED) is 0.908. The van der Waals surface area contributed by atoms with Crippen LogP contribution in [-0.4, -0.2) is 24.0 Å². The zero-order chi connectivity index (χ0) is 14.4. The van der Waals surface area contributed by atoms with Crippen molar-refractivity contribution >= 4 is 11.6 Å². The lowest BCUT2D eigenvalue weighted by Crippen LogP contribution is -2.33. The lowest BCUT2D eigenvalue weighted by Gasteiger charge is -2.22. The highest BCUT2D eigenvalue weighted by Crippen LogP contribution is 2.17. The summed E-state index contributed by atoms with van der Waals surface area (Å²) in [6.07, 6.45) is 2.23. The fourth-order valence-corrected chi connectivity index (χ4v) is 1.85. The van der Waals surface area contributed by atoms with Gasteiger partial charge in [-0.2, -0.15) is 0 Å². The van der Waals surface area contributed by atoms with Gasteiger partial charge in [0.05, 0.1) is 0 Å². The topological polar surface area (TPSA) is 59.2 Å². The Labute approximate surface area is 117 Å². The molecule has 0 atom stereocenters. The molecule has 0 spiro atoms. The monoisotopic (exact) mass is 273 g/mol. The third-order valence-electron chi connectivity index (χ3n) is 2.85. The van der Waals surface area contributed by atoms with E-state index in [0.717, 1.165) is 0 Å². The van der Waals surface area contributed by atoms with E-state index in [1.807, 2.05) is 0 Å². The highest BCUT2D eigenvalue weighted by Gasteiger charge is 2.18. The summed E-state index contributed by atoms with van der Waals surface area (Å²) in [6, 6.07) is 11.0. The average Bonchev–Trinajstić information content (AvgIpc) is 2.50. The van der Waals surface area contributed by atoms with Gasteiger partial charge in [-0.25, -0.2) is 4.39 Å². The van der Waals surface area contributed by atoms with E-state index in [2.05, 4.69) is 4.98 Å². The maximum atomic E-state index is 13.0. The number of carbonyl (C=O) groups is 1. The molecule has 0 aliphatic rings. The van der Waals surface area contributed by atoms with Gasteiger partial charge in [0.25, 0.3) is 5.91 Å². The Morgan fingerprint density at radius 1 is 1.20 bits per heavy atom. The average molecular weight is 273 g/mol. The van der Waals surface area contributed by atoms with Crippen molar-refractivity contribution in [1.29, 1.82) is 0 Å². The summed E-state index contributed by atoms with van der Waals surface area (Å²) in [5.74, 6) is -0.552. The number of halogens is 1.